The average molecular weight is 1050 g/mol. The monoisotopic (exact) mass is 1050 g/mol. The molecule has 14 rings (SSSR count). The van der Waals surface area contributed by atoms with E-state index in [1.165, 1.54) is 104 Å². The van der Waals surface area contributed by atoms with Crippen LogP contribution in [0.15, 0.2) is 209 Å². The Balaban J connectivity index is 0.957. The summed E-state index contributed by atoms with van der Waals surface area (Å²) in [6, 6.07) is 68.4. The molecule has 10 aromatic carbocycles. The lowest BCUT2D eigenvalue weighted by Gasteiger charge is -2.30. The molecule has 2 aliphatic rings. The molecule has 3 heterocycles. The summed E-state index contributed by atoms with van der Waals surface area (Å²) in [5.74, 6) is 0.0227. The van der Waals surface area contributed by atoms with Crippen LogP contribution in [0.2, 0.25) is 0 Å². The second-order valence-electron chi connectivity index (χ2n) is 27.3. The third kappa shape index (κ3) is 8.37. The smallest absolute Gasteiger partial charge is 0.143 e. The predicted molar refractivity (Wildman–Crippen MR) is 346 cm³/mol. The molecule has 0 N–H and O–H groups in total. The zero-order valence-electron chi connectivity index (χ0n) is 49.0. The molecule has 2 atom stereocenters. The van der Waals surface area contributed by atoms with E-state index in [0.29, 0.717) is 0 Å². The molecule has 0 bridgehead atoms. The standard InChI is InChI=1S/C78H71NO2/c1-75(2,3)50-30-36-69-63(40-50)65-44-52(77(7,8)9)42-59(73(65)80-69)48-28-34-67-61(38-48)62-39-49(60-43-53(78(10,11)12)45-66-64-41-51(76(4,5)6)31-37-70(64)81-74(60)66)29-35-68(62)79(67)54-32-26-47(27-33-54)72-57-24-18-16-22-55(57)71(46-20-14-13-15-21-46)56-23-17-19-25-58(56)72/h13-45,61,67H,1-12H3. The van der Waals surface area contributed by atoms with Crippen LogP contribution in [-0.2, 0) is 21.7 Å². The van der Waals surface area contributed by atoms with Crippen molar-refractivity contribution in [3.8, 4) is 33.4 Å². The van der Waals surface area contributed by atoms with Crippen molar-refractivity contribution in [3.05, 3.63) is 234 Å². The molecule has 0 fully saturated rings. The number of allylic oxidation sites excluding steroid dienone is 2. The first-order valence-electron chi connectivity index (χ1n) is 29.1. The molecule has 0 spiro atoms. The summed E-state index contributed by atoms with van der Waals surface area (Å²) >= 11 is 0. The van der Waals surface area contributed by atoms with Crippen LogP contribution in [0.1, 0.15) is 122 Å². The number of benzene rings is 10. The second-order valence-corrected chi connectivity index (χ2v) is 27.3. The Hall–Kier alpha value is -8.40. The first-order valence-corrected chi connectivity index (χ1v) is 29.1. The first-order chi connectivity index (χ1) is 38.7. The van der Waals surface area contributed by atoms with Gasteiger partial charge in [0.2, 0.25) is 0 Å². The number of hydrogen-bond acceptors (Lipinski definition) is 3. The van der Waals surface area contributed by atoms with Crippen LogP contribution in [0, 0.1) is 0 Å². The average Bonchev–Trinajstić information content (AvgIpc) is 3.49. The highest BCUT2D eigenvalue weighted by molar-refractivity contribution is 6.21. The van der Waals surface area contributed by atoms with Gasteiger partial charge in [-0.15, -0.1) is 0 Å². The highest BCUT2D eigenvalue weighted by atomic mass is 16.3. The van der Waals surface area contributed by atoms with Crippen molar-refractivity contribution in [2.45, 2.75) is 117 Å². The van der Waals surface area contributed by atoms with E-state index in [2.05, 4.69) is 288 Å². The number of anilines is 2. The highest BCUT2D eigenvalue weighted by Gasteiger charge is 2.40. The summed E-state index contributed by atoms with van der Waals surface area (Å²) in [6.45, 7) is 27.6. The number of nitrogens with zero attached hydrogens (tertiary/aromatic N) is 1. The maximum atomic E-state index is 6.99. The topological polar surface area (TPSA) is 29.5 Å². The van der Waals surface area contributed by atoms with Crippen LogP contribution in [0.3, 0.4) is 0 Å². The van der Waals surface area contributed by atoms with Gasteiger partial charge in [0.25, 0.3) is 0 Å². The van der Waals surface area contributed by atoms with E-state index < -0.39 is 0 Å². The van der Waals surface area contributed by atoms with Crippen LogP contribution in [-0.4, -0.2) is 6.04 Å². The van der Waals surface area contributed by atoms with E-state index in [-0.39, 0.29) is 33.6 Å². The van der Waals surface area contributed by atoms with Crippen molar-refractivity contribution >= 4 is 82.4 Å². The molecule has 400 valence electrons. The molecule has 1 aliphatic heterocycles. The minimum Gasteiger partial charge on any atom is -0.455 e. The lowest BCUT2D eigenvalue weighted by Crippen LogP contribution is -2.29. The van der Waals surface area contributed by atoms with Gasteiger partial charge in [-0.3, -0.25) is 0 Å². The van der Waals surface area contributed by atoms with Gasteiger partial charge in [-0.1, -0.05) is 211 Å². The summed E-state index contributed by atoms with van der Waals surface area (Å²) in [5, 5.41) is 9.70. The Kier molecular flexibility index (Phi) is 11.3. The largest absolute Gasteiger partial charge is 0.455 e. The minimum atomic E-state index is -0.0921. The van der Waals surface area contributed by atoms with E-state index >= 15 is 0 Å². The zero-order chi connectivity index (χ0) is 56.1. The van der Waals surface area contributed by atoms with Crippen LogP contribution in [0.5, 0.6) is 0 Å². The molecule has 2 aromatic heterocycles. The normalized spacial score (nSPS) is 15.9. The van der Waals surface area contributed by atoms with Gasteiger partial charge in [-0.2, -0.15) is 0 Å². The van der Waals surface area contributed by atoms with Crippen molar-refractivity contribution in [1.82, 2.24) is 0 Å². The van der Waals surface area contributed by atoms with Crippen LogP contribution >= 0.6 is 0 Å². The van der Waals surface area contributed by atoms with E-state index in [9.17, 15) is 0 Å². The van der Waals surface area contributed by atoms with Crippen LogP contribution in [0.4, 0.5) is 11.4 Å². The lowest BCUT2D eigenvalue weighted by atomic mass is 9.81. The molecular weight excluding hydrogens is 983 g/mol. The van der Waals surface area contributed by atoms with E-state index in [0.717, 1.165) is 44.7 Å². The fourth-order valence-corrected chi connectivity index (χ4v) is 13.2. The number of furan rings is 2. The van der Waals surface area contributed by atoms with E-state index in [1.54, 1.807) is 0 Å². The molecule has 3 nitrogen and oxygen atoms in total. The fourth-order valence-electron chi connectivity index (χ4n) is 13.2. The Bertz CT molecular complexity index is 4550. The Morgan fingerprint density at radius 2 is 0.815 bits per heavy atom. The highest BCUT2D eigenvalue weighted by Crippen LogP contribution is 2.53. The molecule has 0 saturated heterocycles. The Morgan fingerprint density at radius 3 is 1.32 bits per heavy atom. The summed E-state index contributed by atoms with van der Waals surface area (Å²) in [7, 11) is 0. The molecule has 3 heteroatoms. The van der Waals surface area contributed by atoms with Crippen molar-refractivity contribution in [3.63, 3.8) is 0 Å². The maximum absolute atomic E-state index is 6.99. The van der Waals surface area contributed by atoms with Gasteiger partial charge in [-0.05, 0) is 177 Å². The molecular formula is C78H71NO2. The predicted octanol–water partition coefficient (Wildman–Crippen LogP) is 22.2. The quantitative estimate of drug-likeness (QED) is 0.161. The van der Waals surface area contributed by atoms with Crippen molar-refractivity contribution in [2.75, 3.05) is 4.90 Å². The van der Waals surface area contributed by atoms with Gasteiger partial charge in [0, 0.05) is 50.0 Å². The second kappa shape index (κ2) is 18.1. The van der Waals surface area contributed by atoms with E-state index in [4.69, 9.17) is 8.83 Å². The van der Waals surface area contributed by atoms with Gasteiger partial charge in [0.1, 0.15) is 22.3 Å². The third-order valence-corrected chi connectivity index (χ3v) is 17.8. The summed E-state index contributed by atoms with van der Waals surface area (Å²) < 4.78 is 14.0. The summed E-state index contributed by atoms with van der Waals surface area (Å²) in [6.07, 6.45) is 7.37. The third-order valence-electron chi connectivity index (χ3n) is 17.8. The Morgan fingerprint density at radius 1 is 0.370 bits per heavy atom. The van der Waals surface area contributed by atoms with Gasteiger partial charge in [0.15, 0.2) is 0 Å². The van der Waals surface area contributed by atoms with Gasteiger partial charge < -0.3 is 13.7 Å². The molecule has 0 saturated carbocycles. The molecule has 2 unspecified atom stereocenters. The minimum absolute atomic E-state index is 0.00270. The fraction of sp³-hybridized carbons (Fsp3) is 0.231. The SMILES string of the molecule is CC(C)(C)c1ccc2oc3c(C4=CC5c6cc(-c7cc(C(C)(C)C)cc8c7oc7ccc(C(C)(C)C)cc78)ccc6N(c6ccc(-c7c8ccccc8c(-c8ccccc8)c8ccccc78)cc6)C5C=C4)cc(C(C)(C)C)cc3c2c1. The summed E-state index contributed by atoms with van der Waals surface area (Å²) in [4.78, 5) is 2.58. The summed E-state index contributed by atoms with van der Waals surface area (Å²) in [5.41, 5.74) is 21.9. The van der Waals surface area contributed by atoms with E-state index in [1.807, 2.05) is 0 Å². The molecule has 1 aliphatic carbocycles. The molecule has 0 amide bonds. The Labute approximate surface area is 477 Å². The van der Waals surface area contributed by atoms with Crippen molar-refractivity contribution in [2.24, 2.45) is 0 Å². The van der Waals surface area contributed by atoms with Gasteiger partial charge >= 0.3 is 0 Å². The zero-order valence-corrected chi connectivity index (χ0v) is 49.0. The lowest BCUT2D eigenvalue weighted by molar-refractivity contribution is 0.589. The maximum Gasteiger partial charge on any atom is 0.143 e. The molecule has 12 aromatic rings. The van der Waals surface area contributed by atoms with Gasteiger partial charge in [0.05, 0.1) is 6.04 Å². The molecule has 81 heavy (non-hydrogen) atoms. The number of rotatable bonds is 5. The first kappa shape index (κ1) is 50.8. The van der Waals surface area contributed by atoms with Crippen molar-refractivity contribution < 1.29 is 8.83 Å². The molecule has 0 radical (unpaired) electrons. The van der Waals surface area contributed by atoms with Crippen LogP contribution < -0.4 is 4.90 Å². The van der Waals surface area contributed by atoms with Gasteiger partial charge in [-0.25, -0.2) is 0 Å². The number of hydrogen-bond donors (Lipinski definition) is 0. The number of fused-ring (bicyclic) bond motifs is 11. The van der Waals surface area contributed by atoms with Crippen molar-refractivity contribution in [1.29, 1.82) is 0 Å². The van der Waals surface area contributed by atoms with Crippen LogP contribution in [0.25, 0.3) is 104 Å².